The molecule has 0 bridgehead atoms. The van der Waals surface area contributed by atoms with E-state index in [0.29, 0.717) is 22.2 Å². The van der Waals surface area contributed by atoms with Gasteiger partial charge in [0.05, 0.1) is 10.2 Å². The number of rotatable bonds is 4. The van der Waals surface area contributed by atoms with Crippen molar-refractivity contribution in [2.24, 2.45) is 0 Å². The lowest BCUT2D eigenvalue weighted by Gasteiger charge is -2.03. The van der Waals surface area contributed by atoms with Crippen LogP contribution in [0.25, 0.3) is 10.2 Å². The molecule has 0 spiro atoms. The van der Waals surface area contributed by atoms with Gasteiger partial charge >= 0.3 is 5.97 Å². The van der Waals surface area contributed by atoms with Gasteiger partial charge in [-0.25, -0.2) is 9.78 Å². The zero-order chi connectivity index (χ0) is 16.4. The zero-order valence-corrected chi connectivity index (χ0v) is 13.4. The molecule has 3 rings (SSSR count). The van der Waals surface area contributed by atoms with Crippen LogP contribution in [0.5, 0.6) is 0 Å². The van der Waals surface area contributed by atoms with E-state index in [-0.39, 0.29) is 6.61 Å². The lowest BCUT2D eigenvalue weighted by molar-refractivity contribution is -0.119. The van der Waals surface area contributed by atoms with Gasteiger partial charge in [-0.2, -0.15) is 0 Å². The minimum Gasteiger partial charge on any atom is -0.466 e. The minimum absolute atomic E-state index is 0.329. The van der Waals surface area contributed by atoms with Crippen molar-refractivity contribution >= 4 is 38.6 Å². The fourth-order valence-corrected chi connectivity index (χ4v) is 3.01. The number of amides is 1. The average Bonchev–Trinajstić information content (AvgIpc) is 3.06. The largest absolute Gasteiger partial charge is 0.466 e. The Kier molecular flexibility index (Phi) is 4.12. The van der Waals surface area contributed by atoms with Crippen molar-refractivity contribution in [1.29, 1.82) is 0 Å². The maximum Gasteiger partial charge on any atom is 0.342 e. The Bertz CT molecular complexity index is 848. The van der Waals surface area contributed by atoms with E-state index in [9.17, 15) is 9.59 Å². The first-order valence-electron chi connectivity index (χ1n) is 6.92. The molecule has 2 aromatic heterocycles. The molecule has 0 fully saturated rings. The molecule has 0 aliphatic heterocycles. The Balaban J connectivity index is 1.59. The van der Waals surface area contributed by atoms with E-state index >= 15 is 0 Å². The van der Waals surface area contributed by atoms with Gasteiger partial charge in [0.1, 0.15) is 17.1 Å². The third-order valence-electron chi connectivity index (χ3n) is 3.14. The van der Waals surface area contributed by atoms with Crippen molar-refractivity contribution in [3.8, 4) is 0 Å². The molecule has 0 unspecified atom stereocenters. The molecule has 2 heterocycles. The van der Waals surface area contributed by atoms with Gasteiger partial charge in [-0.15, -0.1) is 0 Å². The lowest BCUT2D eigenvalue weighted by atomic mass is 10.2. The molecule has 0 aliphatic carbocycles. The fraction of sp³-hybridized carbons (Fsp3) is 0.188. The molecular formula is C16H14N2O4S. The van der Waals surface area contributed by atoms with Gasteiger partial charge in [-0.1, -0.05) is 23.5 Å². The molecule has 23 heavy (non-hydrogen) atoms. The topological polar surface area (TPSA) is 81.4 Å². The summed E-state index contributed by atoms with van der Waals surface area (Å²) in [6.07, 6.45) is 0. The number of furan rings is 1. The number of aromatic nitrogens is 1. The molecule has 0 radical (unpaired) electrons. The summed E-state index contributed by atoms with van der Waals surface area (Å²) in [6, 6.07) is 9.16. The quantitative estimate of drug-likeness (QED) is 0.742. The van der Waals surface area contributed by atoms with Gasteiger partial charge < -0.3 is 9.15 Å². The van der Waals surface area contributed by atoms with Crippen LogP contribution in [0.4, 0.5) is 5.13 Å². The highest BCUT2D eigenvalue weighted by Crippen LogP contribution is 2.25. The maximum absolute atomic E-state index is 11.9. The van der Waals surface area contributed by atoms with Crippen molar-refractivity contribution in [2.45, 2.75) is 13.8 Å². The van der Waals surface area contributed by atoms with E-state index in [0.717, 1.165) is 10.2 Å². The molecule has 6 nitrogen and oxygen atoms in total. The van der Waals surface area contributed by atoms with Crippen LogP contribution >= 0.6 is 11.3 Å². The summed E-state index contributed by atoms with van der Waals surface area (Å²) in [4.78, 5) is 28.1. The van der Waals surface area contributed by atoms with Crippen LogP contribution in [0.3, 0.4) is 0 Å². The number of nitrogens with zero attached hydrogens (tertiary/aromatic N) is 1. The second kappa shape index (κ2) is 6.21. The van der Waals surface area contributed by atoms with Crippen LogP contribution in [0.1, 0.15) is 21.9 Å². The number of thiazole rings is 1. The number of fused-ring (bicyclic) bond motifs is 1. The van der Waals surface area contributed by atoms with Crippen LogP contribution in [-0.2, 0) is 9.53 Å². The molecule has 7 heteroatoms. The van der Waals surface area contributed by atoms with Gasteiger partial charge in [0, 0.05) is 0 Å². The van der Waals surface area contributed by atoms with E-state index in [2.05, 4.69) is 10.3 Å². The van der Waals surface area contributed by atoms with E-state index in [1.165, 1.54) is 11.3 Å². The summed E-state index contributed by atoms with van der Waals surface area (Å²) in [7, 11) is 0. The number of carbonyl (C=O) groups is 2. The number of para-hydroxylation sites is 1. The first-order valence-corrected chi connectivity index (χ1v) is 7.74. The van der Waals surface area contributed by atoms with Gasteiger partial charge in [0.15, 0.2) is 11.7 Å². The average molecular weight is 330 g/mol. The predicted molar refractivity (Wildman–Crippen MR) is 86.7 cm³/mol. The SMILES string of the molecule is Cc1cc(C(=O)OCC(=O)Nc2nc3ccccc3s2)c(C)o1. The van der Waals surface area contributed by atoms with Crippen LogP contribution < -0.4 is 5.32 Å². The number of aryl methyl sites for hydroxylation is 2. The molecular weight excluding hydrogens is 316 g/mol. The lowest BCUT2D eigenvalue weighted by Crippen LogP contribution is -2.20. The maximum atomic E-state index is 11.9. The predicted octanol–water partition coefficient (Wildman–Crippen LogP) is 3.30. The third-order valence-corrected chi connectivity index (χ3v) is 4.09. The summed E-state index contributed by atoms with van der Waals surface area (Å²) in [5, 5.41) is 3.10. The molecule has 0 saturated carbocycles. The fourth-order valence-electron chi connectivity index (χ4n) is 2.12. The van der Waals surface area contributed by atoms with E-state index in [4.69, 9.17) is 9.15 Å². The van der Waals surface area contributed by atoms with Crippen LogP contribution in [0.2, 0.25) is 0 Å². The zero-order valence-electron chi connectivity index (χ0n) is 12.6. The van der Waals surface area contributed by atoms with E-state index in [1.807, 2.05) is 24.3 Å². The smallest absolute Gasteiger partial charge is 0.342 e. The first kappa shape index (κ1) is 15.2. The number of hydrogen-bond donors (Lipinski definition) is 1. The highest BCUT2D eigenvalue weighted by Gasteiger charge is 2.16. The standard InChI is InChI=1S/C16H14N2O4S/c1-9-7-11(10(2)22-9)15(20)21-8-14(19)18-16-17-12-5-3-4-6-13(12)23-16/h3-7H,8H2,1-2H3,(H,17,18,19). The Morgan fingerprint density at radius 3 is 2.78 bits per heavy atom. The molecule has 1 amide bonds. The number of hydrogen-bond acceptors (Lipinski definition) is 6. The number of carbonyl (C=O) groups excluding carboxylic acids is 2. The Morgan fingerprint density at radius 2 is 2.09 bits per heavy atom. The number of esters is 1. The highest BCUT2D eigenvalue weighted by atomic mass is 32.1. The second-order valence-corrected chi connectivity index (χ2v) is 5.97. The third kappa shape index (κ3) is 3.40. The normalized spacial score (nSPS) is 10.7. The summed E-state index contributed by atoms with van der Waals surface area (Å²) >= 11 is 1.36. The Hall–Kier alpha value is -2.67. The summed E-state index contributed by atoms with van der Waals surface area (Å²) in [6.45, 7) is 3.03. The van der Waals surface area contributed by atoms with Crippen molar-refractivity contribution in [1.82, 2.24) is 4.98 Å². The second-order valence-electron chi connectivity index (χ2n) is 4.94. The van der Waals surface area contributed by atoms with Crippen LogP contribution in [-0.4, -0.2) is 23.5 Å². The van der Waals surface area contributed by atoms with E-state index < -0.39 is 11.9 Å². The van der Waals surface area contributed by atoms with Crippen LogP contribution in [0, 0.1) is 13.8 Å². The first-order chi connectivity index (χ1) is 11.0. The van der Waals surface area contributed by atoms with Crippen LogP contribution in [0.15, 0.2) is 34.7 Å². The molecule has 118 valence electrons. The number of benzene rings is 1. The number of ether oxygens (including phenoxy) is 1. The summed E-state index contributed by atoms with van der Waals surface area (Å²) in [5.41, 5.74) is 1.14. The van der Waals surface area contributed by atoms with Crippen molar-refractivity contribution < 1.29 is 18.7 Å². The monoisotopic (exact) mass is 330 g/mol. The van der Waals surface area contributed by atoms with Gasteiger partial charge in [0.25, 0.3) is 5.91 Å². The van der Waals surface area contributed by atoms with Crippen molar-refractivity contribution in [2.75, 3.05) is 11.9 Å². The highest BCUT2D eigenvalue weighted by molar-refractivity contribution is 7.22. The molecule has 1 aromatic carbocycles. The van der Waals surface area contributed by atoms with E-state index in [1.54, 1.807) is 19.9 Å². The number of nitrogens with one attached hydrogen (secondary N) is 1. The summed E-state index contributed by atoms with van der Waals surface area (Å²) in [5.74, 6) is 0.0709. The summed E-state index contributed by atoms with van der Waals surface area (Å²) < 4.78 is 11.2. The molecule has 3 aromatic rings. The molecule has 0 aliphatic rings. The number of anilines is 1. The molecule has 0 saturated heterocycles. The van der Waals surface area contributed by atoms with Gasteiger partial charge in [-0.05, 0) is 32.0 Å². The Labute approximate surface area is 136 Å². The van der Waals surface area contributed by atoms with Crippen molar-refractivity contribution in [3.05, 3.63) is 47.4 Å². The minimum atomic E-state index is -0.584. The van der Waals surface area contributed by atoms with Gasteiger partial charge in [0.2, 0.25) is 0 Å². The Morgan fingerprint density at radius 1 is 1.30 bits per heavy atom. The van der Waals surface area contributed by atoms with Crippen molar-refractivity contribution in [3.63, 3.8) is 0 Å². The van der Waals surface area contributed by atoms with Gasteiger partial charge in [-0.3, -0.25) is 10.1 Å². The molecule has 0 atom stereocenters. The molecule has 1 N–H and O–H groups in total.